The normalized spacial score (nSPS) is 11.9. The van der Waals surface area contributed by atoms with Gasteiger partial charge in [-0.3, -0.25) is 9.78 Å². The molecule has 1 aromatic heterocycles. The Kier molecular flexibility index (Phi) is 6.91. The summed E-state index contributed by atoms with van der Waals surface area (Å²) >= 11 is 3.44. The van der Waals surface area contributed by atoms with Gasteiger partial charge in [-0.1, -0.05) is 41.9 Å². The number of hydrogen-bond acceptors (Lipinski definition) is 4. The molecule has 1 atom stereocenters. The summed E-state index contributed by atoms with van der Waals surface area (Å²) in [6.07, 6.45) is 0. The van der Waals surface area contributed by atoms with E-state index in [9.17, 15) is 9.59 Å². The van der Waals surface area contributed by atoms with E-state index in [4.69, 9.17) is 4.74 Å². The highest BCUT2D eigenvalue weighted by atomic mass is 79.9. The molecule has 1 heterocycles. The van der Waals surface area contributed by atoms with Gasteiger partial charge in [-0.05, 0) is 44.0 Å². The molecule has 5 nitrogen and oxygen atoms in total. The summed E-state index contributed by atoms with van der Waals surface area (Å²) in [5.74, 6) is -0.550. The SMILES string of the molecule is Cc1nc(-c2cccc(Br)c2)ccc1C(=O)OCC(=O)NC(C)C(C)C. The van der Waals surface area contributed by atoms with Gasteiger partial charge in [0.05, 0.1) is 17.0 Å². The van der Waals surface area contributed by atoms with Crippen LogP contribution in [0.4, 0.5) is 0 Å². The molecule has 0 aliphatic rings. The topological polar surface area (TPSA) is 68.3 Å². The smallest absolute Gasteiger partial charge is 0.340 e. The Labute approximate surface area is 162 Å². The lowest BCUT2D eigenvalue weighted by Crippen LogP contribution is -2.38. The molecule has 1 amide bonds. The lowest BCUT2D eigenvalue weighted by atomic mass is 10.1. The second kappa shape index (κ2) is 8.94. The molecule has 26 heavy (non-hydrogen) atoms. The van der Waals surface area contributed by atoms with Gasteiger partial charge in [-0.15, -0.1) is 0 Å². The van der Waals surface area contributed by atoms with Gasteiger partial charge in [-0.25, -0.2) is 4.79 Å². The van der Waals surface area contributed by atoms with E-state index in [2.05, 4.69) is 26.2 Å². The minimum absolute atomic E-state index is 0.0223. The highest BCUT2D eigenvalue weighted by Crippen LogP contribution is 2.22. The van der Waals surface area contributed by atoms with Crippen LogP contribution in [0.2, 0.25) is 0 Å². The fourth-order valence-electron chi connectivity index (χ4n) is 2.26. The number of esters is 1. The third kappa shape index (κ3) is 5.39. The van der Waals surface area contributed by atoms with E-state index in [-0.39, 0.29) is 18.6 Å². The zero-order chi connectivity index (χ0) is 19.3. The number of nitrogens with one attached hydrogen (secondary N) is 1. The van der Waals surface area contributed by atoms with E-state index in [0.29, 0.717) is 17.2 Å². The van der Waals surface area contributed by atoms with Crippen molar-refractivity contribution in [2.45, 2.75) is 33.7 Å². The third-order valence-corrected chi connectivity index (χ3v) is 4.64. The third-order valence-electron chi connectivity index (χ3n) is 4.15. The number of hydrogen-bond donors (Lipinski definition) is 1. The number of amides is 1. The van der Waals surface area contributed by atoms with E-state index in [0.717, 1.165) is 15.7 Å². The average molecular weight is 419 g/mol. The molecule has 1 unspecified atom stereocenters. The fraction of sp³-hybridized carbons (Fsp3) is 0.350. The Bertz CT molecular complexity index is 805. The molecule has 6 heteroatoms. The number of aromatic nitrogens is 1. The maximum Gasteiger partial charge on any atom is 0.340 e. The molecule has 0 bridgehead atoms. The second-order valence-corrected chi connectivity index (χ2v) is 7.43. The molecular weight excluding hydrogens is 396 g/mol. The lowest BCUT2D eigenvalue weighted by molar-refractivity contribution is -0.125. The largest absolute Gasteiger partial charge is 0.452 e. The van der Waals surface area contributed by atoms with Crippen molar-refractivity contribution in [3.8, 4) is 11.3 Å². The summed E-state index contributed by atoms with van der Waals surface area (Å²) in [5, 5.41) is 2.80. The van der Waals surface area contributed by atoms with Crippen LogP contribution < -0.4 is 5.32 Å². The van der Waals surface area contributed by atoms with Crippen molar-refractivity contribution in [3.63, 3.8) is 0 Å². The minimum Gasteiger partial charge on any atom is -0.452 e. The van der Waals surface area contributed by atoms with Crippen LogP contribution in [0.3, 0.4) is 0 Å². The Morgan fingerprint density at radius 2 is 1.92 bits per heavy atom. The monoisotopic (exact) mass is 418 g/mol. The van der Waals surface area contributed by atoms with Gasteiger partial charge in [0.15, 0.2) is 6.61 Å². The molecule has 0 fully saturated rings. The van der Waals surface area contributed by atoms with E-state index in [1.54, 1.807) is 19.1 Å². The predicted octanol–water partition coefficient (Wildman–Crippen LogP) is 4.14. The van der Waals surface area contributed by atoms with Crippen molar-refractivity contribution < 1.29 is 14.3 Å². The average Bonchev–Trinajstić information content (AvgIpc) is 2.59. The first kappa shape index (κ1) is 20.1. The Morgan fingerprint density at radius 3 is 2.54 bits per heavy atom. The zero-order valence-electron chi connectivity index (χ0n) is 15.4. The van der Waals surface area contributed by atoms with Crippen molar-refractivity contribution in [2.75, 3.05) is 6.61 Å². The van der Waals surface area contributed by atoms with E-state index in [1.165, 1.54) is 0 Å². The summed E-state index contributed by atoms with van der Waals surface area (Å²) in [6.45, 7) is 7.39. The number of carbonyl (C=O) groups is 2. The van der Waals surface area contributed by atoms with Crippen LogP contribution in [0, 0.1) is 12.8 Å². The Balaban J connectivity index is 2.02. The maximum atomic E-state index is 12.2. The first-order valence-corrected chi connectivity index (χ1v) is 9.27. The number of nitrogens with zero attached hydrogens (tertiary/aromatic N) is 1. The summed E-state index contributed by atoms with van der Waals surface area (Å²) < 4.78 is 6.08. The molecule has 138 valence electrons. The van der Waals surface area contributed by atoms with Gasteiger partial charge in [0.25, 0.3) is 5.91 Å². The number of ether oxygens (including phenoxy) is 1. The molecule has 0 saturated heterocycles. The predicted molar refractivity (Wildman–Crippen MR) is 105 cm³/mol. The number of rotatable bonds is 6. The van der Waals surface area contributed by atoms with E-state index in [1.807, 2.05) is 45.0 Å². The summed E-state index contributed by atoms with van der Waals surface area (Å²) in [6, 6.07) is 11.2. The Hall–Kier alpha value is -2.21. The van der Waals surface area contributed by atoms with E-state index < -0.39 is 5.97 Å². The molecule has 0 aliphatic carbocycles. The molecule has 0 spiro atoms. The van der Waals surface area contributed by atoms with Crippen molar-refractivity contribution >= 4 is 27.8 Å². The van der Waals surface area contributed by atoms with Gasteiger partial charge in [0.1, 0.15) is 0 Å². The van der Waals surface area contributed by atoms with Crippen molar-refractivity contribution in [2.24, 2.45) is 5.92 Å². The minimum atomic E-state index is -0.553. The zero-order valence-corrected chi connectivity index (χ0v) is 17.0. The quantitative estimate of drug-likeness (QED) is 0.715. The van der Waals surface area contributed by atoms with Crippen LogP contribution >= 0.6 is 15.9 Å². The van der Waals surface area contributed by atoms with Crippen LogP contribution in [0.15, 0.2) is 40.9 Å². The molecule has 2 rings (SSSR count). The van der Waals surface area contributed by atoms with Crippen molar-refractivity contribution in [3.05, 3.63) is 52.1 Å². The van der Waals surface area contributed by atoms with Gasteiger partial charge < -0.3 is 10.1 Å². The summed E-state index contributed by atoms with van der Waals surface area (Å²) in [5.41, 5.74) is 2.63. The standard InChI is InChI=1S/C20H23BrN2O3/c1-12(2)13(3)23-19(24)11-26-20(25)17-8-9-18(22-14(17)4)15-6-5-7-16(21)10-15/h5-10,12-13H,11H2,1-4H3,(H,23,24). The summed E-state index contributed by atoms with van der Waals surface area (Å²) in [7, 11) is 0. The highest BCUT2D eigenvalue weighted by Gasteiger charge is 2.16. The number of carbonyl (C=O) groups excluding carboxylic acids is 2. The van der Waals surface area contributed by atoms with E-state index >= 15 is 0 Å². The highest BCUT2D eigenvalue weighted by molar-refractivity contribution is 9.10. The summed E-state index contributed by atoms with van der Waals surface area (Å²) in [4.78, 5) is 28.6. The number of halogens is 1. The first-order chi connectivity index (χ1) is 12.3. The molecular formula is C20H23BrN2O3. The molecule has 1 N–H and O–H groups in total. The fourth-order valence-corrected chi connectivity index (χ4v) is 2.66. The van der Waals surface area contributed by atoms with Crippen LogP contribution in [-0.2, 0) is 9.53 Å². The van der Waals surface area contributed by atoms with Gasteiger partial charge >= 0.3 is 5.97 Å². The number of pyridine rings is 1. The van der Waals surface area contributed by atoms with Gasteiger partial charge in [0, 0.05) is 16.1 Å². The number of aryl methyl sites for hydroxylation is 1. The van der Waals surface area contributed by atoms with Crippen LogP contribution in [-0.4, -0.2) is 29.5 Å². The van der Waals surface area contributed by atoms with Gasteiger partial charge in [-0.2, -0.15) is 0 Å². The molecule has 2 aromatic rings. The first-order valence-electron chi connectivity index (χ1n) is 8.48. The van der Waals surface area contributed by atoms with Crippen LogP contribution in [0.5, 0.6) is 0 Å². The Morgan fingerprint density at radius 1 is 1.19 bits per heavy atom. The molecule has 0 aliphatic heterocycles. The lowest BCUT2D eigenvalue weighted by Gasteiger charge is -2.17. The van der Waals surface area contributed by atoms with Crippen LogP contribution in [0.1, 0.15) is 36.8 Å². The van der Waals surface area contributed by atoms with Crippen molar-refractivity contribution in [1.29, 1.82) is 0 Å². The number of benzene rings is 1. The molecule has 1 aromatic carbocycles. The van der Waals surface area contributed by atoms with Crippen LogP contribution in [0.25, 0.3) is 11.3 Å². The van der Waals surface area contributed by atoms with Crippen molar-refractivity contribution in [1.82, 2.24) is 10.3 Å². The van der Waals surface area contributed by atoms with Gasteiger partial charge in [0.2, 0.25) is 0 Å². The second-order valence-electron chi connectivity index (χ2n) is 6.52. The maximum absolute atomic E-state index is 12.2. The molecule has 0 saturated carbocycles. The molecule has 0 radical (unpaired) electrons.